The monoisotopic (exact) mass is 178 g/mol. The van der Waals surface area contributed by atoms with Gasteiger partial charge >= 0.3 is 11.1 Å². The maximum Gasteiger partial charge on any atom is 0.571 e. The molecule has 1 nitrogen and oxygen atoms in total. The highest BCUT2D eigenvalue weighted by Crippen LogP contribution is 2.46. The summed E-state index contributed by atoms with van der Waals surface area (Å²) in [6.07, 6.45) is 0. The van der Waals surface area contributed by atoms with Crippen LogP contribution in [0.1, 0.15) is 0 Å². The number of hydrogen-bond donors (Lipinski definition) is 0. The standard InChI is InChI=1S/ClO.F5S/c1-2;1-6(2,3,4)5/q-1;+1. The van der Waals surface area contributed by atoms with Gasteiger partial charge in [-0.15, -0.1) is 0 Å². The van der Waals surface area contributed by atoms with Crippen LogP contribution in [0.3, 0.4) is 0 Å². The van der Waals surface area contributed by atoms with Crippen LogP contribution in [0, 0.1) is 0 Å². The summed E-state index contributed by atoms with van der Waals surface area (Å²) >= 11 is -4.96. The molecule has 8 heteroatoms. The number of hydrogen-bond acceptors (Lipinski definition) is 1. The molecular weight excluding hydrogens is 179 g/mol. The predicted octanol–water partition coefficient (Wildman–Crippen LogP) is 1.60. The molecule has 54 valence electrons. The van der Waals surface area contributed by atoms with Gasteiger partial charge in [0.05, 0.1) is 19.4 Å². The maximum atomic E-state index is 9.82. The fraction of sp³-hybridized carbons (Fsp3) is 0. The Labute approximate surface area is 48.0 Å². The van der Waals surface area contributed by atoms with Gasteiger partial charge in [-0.1, -0.05) is 0 Å². The van der Waals surface area contributed by atoms with Crippen LogP contribution < -0.4 is 4.66 Å². The van der Waals surface area contributed by atoms with E-state index in [1.807, 2.05) is 0 Å². The minimum atomic E-state index is -8.35. The average Bonchev–Trinajstić information content (AvgIpc) is 1.33. The molecule has 0 heterocycles. The zero-order chi connectivity index (χ0) is 7.45. The van der Waals surface area contributed by atoms with Crippen LogP contribution in [-0.2, 0) is 11.1 Å². The van der Waals surface area contributed by atoms with Crippen molar-refractivity contribution in [1.29, 1.82) is 0 Å². The number of rotatable bonds is 0. The zero-order valence-corrected chi connectivity index (χ0v) is 4.66. The molecule has 0 amide bonds. The SMILES string of the molecule is F[S+](F)(F)(F)F.[O-]Cl. The van der Waals surface area contributed by atoms with E-state index in [0.29, 0.717) is 0 Å². The highest BCUT2D eigenvalue weighted by atomic mass is 35.5. The van der Waals surface area contributed by atoms with Crippen molar-refractivity contribution >= 4 is 23.0 Å². The van der Waals surface area contributed by atoms with Crippen LogP contribution in [-0.4, -0.2) is 0 Å². The highest BCUT2D eigenvalue weighted by molar-refractivity contribution is 8.08. The zero-order valence-electron chi connectivity index (χ0n) is 3.08. The molecule has 0 rings (SSSR count). The second-order valence-corrected chi connectivity index (χ2v) is 1.75. The molecular formula is ClF5OS. The normalized spacial score (nSPS) is 15.1. The summed E-state index contributed by atoms with van der Waals surface area (Å²) < 4.78 is 56.8. The summed E-state index contributed by atoms with van der Waals surface area (Å²) in [5.41, 5.74) is 0. The number of halogens is 6. The molecule has 0 aliphatic heterocycles. The van der Waals surface area contributed by atoms with E-state index >= 15 is 0 Å². The van der Waals surface area contributed by atoms with Crippen molar-refractivity contribution in [3.8, 4) is 0 Å². The van der Waals surface area contributed by atoms with Crippen LogP contribution in [0.4, 0.5) is 19.4 Å². The van der Waals surface area contributed by atoms with Crippen LogP contribution >= 0.6 is 11.9 Å². The van der Waals surface area contributed by atoms with Gasteiger partial charge in [0.15, 0.2) is 0 Å². The molecule has 0 unspecified atom stereocenters. The second-order valence-electron chi connectivity index (χ2n) is 0.583. The van der Waals surface area contributed by atoms with Gasteiger partial charge in [-0.25, -0.2) is 11.9 Å². The molecule has 0 spiro atoms. The van der Waals surface area contributed by atoms with E-state index in [9.17, 15) is 19.4 Å². The van der Waals surface area contributed by atoms with Crippen LogP contribution in [0.15, 0.2) is 0 Å². The molecule has 0 saturated heterocycles. The Balaban J connectivity index is 0. The largest absolute Gasteiger partial charge is 0.769 e. The molecule has 0 bridgehead atoms. The highest BCUT2D eigenvalue weighted by Gasteiger charge is 2.58. The van der Waals surface area contributed by atoms with Gasteiger partial charge in [-0.05, 0) is 0 Å². The summed E-state index contributed by atoms with van der Waals surface area (Å²) in [6, 6.07) is 0. The van der Waals surface area contributed by atoms with Gasteiger partial charge in [0, 0.05) is 0 Å². The summed E-state index contributed by atoms with van der Waals surface area (Å²) in [6.45, 7) is 0. The van der Waals surface area contributed by atoms with E-state index in [4.69, 9.17) is 4.66 Å². The van der Waals surface area contributed by atoms with Gasteiger partial charge in [0.2, 0.25) is 0 Å². The van der Waals surface area contributed by atoms with Gasteiger partial charge in [-0.3, -0.25) is 0 Å². The third kappa shape index (κ3) is 2760. The van der Waals surface area contributed by atoms with Crippen LogP contribution in [0.2, 0.25) is 0 Å². The topological polar surface area (TPSA) is 23.1 Å². The Kier molecular flexibility index (Phi) is 3.74. The van der Waals surface area contributed by atoms with E-state index in [2.05, 4.69) is 11.9 Å². The van der Waals surface area contributed by atoms with E-state index in [-0.39, 0.29) is 0 Å². The van der Waals surface area contributed by atoms with Crippen molar-refractivity contribution < 1.29 is 24.1 Å². The third-order valence-corrected chi connectivity index (χ3v) is 0. The lowest BCUT2D eigenvalue weighted by Crippen LogP contribution is -2.04. The Morgan fingerprint density at radius 2 is 0.875 bits per heavy atom. The average molecular weight is 179 g/mol. The first-order valence-corrected chi connectivity index (χ1v) is 2.78. The summed E-state index contributed by atoms with van der Waals surface area (Å²) in [4.78, 5) is 0. The quantitative estimate of drug-likeness (QED) is 0.408. The molecule has 0 aliphatic rings. The molecule has 0 aliphatic carbocycles. The minimum Gasteiger partial charge on any atom is -0.769 e. The predicted molar refractivity (Wildman–Crippen MR) is 18.8 cm³/mol. The summed E-state index contributed by atoms with van der Waals surface area (Å²) in [7, 11) is 0. The Bertz CT molecular complexity index is 45.6. The first kappa shape index (κ1) is 11.1. The van der Waals surface area contributed by atoms with Crippen molar-refractivity contribution in [2.75, 3.05) is 0 Å². The van der Waals surface area contributed by atoms with Gasteiger partial charge in [0.1, 0.15) is 0 Å². The lowest BCUT2D eigenvalue weighted by Gasteiger charge is -1.92. The minimum absolute atomic E-state index is 3.39. The van der Waals surface area contributed by atoms with E-state index < -0.39 is 11.1 Å². The molecule has 0 aromatic heterocycles. The summed E-state index contributed by atoms with van der Waals surface area (Å²) in [5, 5.41) is 0. The van der Waals surface area contributed by atoms with E-state index in [1.165, 1.54) is 0 Å². The first-order chi connectivity index (χ1) is 3.24. The van der Waals surface area contributed by atoms with Crippen molar-refractivity contribution in [3.63, 3.8) is 0 Å². The molecule has 0 aromatic rings. The Morgan fingerprint density at radius 3 is 0.875 bits per heavy atom. The molecule has 0 aromatic carbocycles. The summed E-state index contributed by atoms with van der Waals surface area (Å²) in [5.74, 6) is 0. The molecule has 0 fully saturated rings. The lowest BCUT2D eigenvalue weighted by molar-refractivity contribution is -0.166. The molecule has 0 atom stereocenters. The molecule has 0 radical (unpaired) electrons. The molecule has 0 saturated carbocycles. The van der Waals surface area contributed by atoms with E-state index in [1.54, 1.807) is 0 Å². The smallest absolute Gasteiger partial charge is 0.571 e. The van der Waals surface area contributed by atoms with Gasteiger partial charge in [-0.2, -0.15) is 0 Å². The van der Waals surface area contributed by atoms with Gasteiger partial charge in [0.25, 0.3) is 0 Å². The van der Waals surface area contributed by atoms with Crippen molar-refractivity contribution in [2.24, 2.45) is 0 Å². The van der Waals surface area contributed by atoms with Crippen LogP contribution in [0.5, 0.6) is 0 Å². The lowest BCUT2D eigenvalue weighted by atomic mass is 15.9. The van der Waals surface area contributed by atoms with E-state index in [0.717, 1.165) is 0 Å². The fourth-order valence-electron chi connectivity index (χ4n) is 0. The first-order valence-electron chi connectivity index (χ1n) is 0.926. The molecule has 8 heavy (non-hydrogen) atoms. The van der Waals surface area contributed by atoms with Crippen molar-refractivity contribution in [3.05, 3.63) is 0 Å². The van der Waals surface area contributed by atoms with Gasteiger partial charge < -0.3 is 4.66 Å². The second kappa shape index (κ2) is 2.70. The Hall–Kier alpha value is 0.250. The Morgan fingerprint density at radius 1 is 0.875 bits per heavy atom. The fourth-order valence-corrected chi connectivity index (χ4v) is 0. The van der Waals surface area contributed by atoms with Crippen LogP contribution in [0.25, 0.3) is 0 Å². The van der Waals surface area contributed by atoms with Crippen molar-refractivity contribution in [1.82, 2.24) is 0 Å². The van der Waals surface area contributed by atoms with Crippen molar-refractivity contribution in [2.45, 2.75) is 0 Å². The maximum absolute atomic E-state index is 9.82. The third-order valence-electron chi connectivity index (χ3n) is 0. The molecule has 0 N–H and O–H groups in total.